The first-order valence-corrected chi connectivity index (χ1v) is 6.29. The predicted octanol–water partition coefficient (Wildman–Crippen LogP) is 4.15. The van der Waals surface area contributed by atoms with Gasteiger partial charge in [-0.05, 0) is 36.7 Å². The number of ketones is 1. The van der Waals surface area contributed by atoms with Crippen molar-refractivity contribution in [1.29, 1.82) is 0 Å². The number of allylic oxidation sites excluding steroid dienone is 3. The van der Waals surface area contributed by atoms with Crippen LogP contribution >= 0.6 is 0 Å². The molecule has 1 heteroatoms. The van der Waals surface area contributed by atoms with E-state index in [2.05, 4.69) is 27.4 Å². The molecular weight excluding hydrogens is 196 g/mol. The van der Waals surface area contributed by atoms with Crippen LogP contribution in [0.5, 0.6) is 0 Å². The highest BCUT2D eigenvalue weighted by Crippen LogP contribution is 2.47. The second-order valence-electron chi connectivity index (χ2n) is 5.57. The van der Waals surface area contributed by atoms with E-state index in [0.717, 1.165) is 24.8 Å². The van der Waals surface area contributed by atoms with E-state index in [1.807, 2.05) is 13.0 Å². The van der Waals surface area contributed by atoms with Gasteiger partial charge in [0.05, 0.1) is 0 Å². The largest absolute Gasteiger partial charge is 0.294 e. The van der Waals surface area contributed by atoms with Gasteiger partial charge in [0.15, 0.2) is 5.78 Å². The van der Waals surface area contributed by atoms with E-state index in [1.165, 1.54) is 0 Å². The molecule has 1 aliphatic rings. The van der Waals surface area contributed by atoms with E-state index in [4.69, 9.17) is 0 Å². The average Bonchev–Trinajstić information content (AvgIpc) is 2.21. The molecule has 16 heavy (non-hydrogen) atoms. The quantitative estimate of drug-likeness (QED) is 0.516. The minimum absolute atomic E-state index is 0.0130. The molecule has 0 N–H and O–H groups in total. The van der Waals surface area contributed by atoms with Crippen molar-refractivity contribution < 1.29 is 4.79 Å². The van der Waals surface area contributed by atoms with Gasteiger partial charge in [-0.15, -0.1) is 0 Å². The summed E-state index contributed by atoms with van der Waals surface area (Å²) in [7, 11) is 0. The molecule has 0 radical (unpaired) electrons. The van der Waals surface area contributed by atoms with Gasteiger partial charge in [-0.2, -0.15) is 0 Å². The molecule has 1 aliphatic carbocycles. The number of rotatable bonds is 3. The summed E-state index contributed by atoms with van der Waals surface area (Å²) in [6.45, 7) is 12.8. The molecule has 0 aromatic heterocycles. The lowest BCUT2D eigenvalue weighted by Gasteiger charge is -2.43. The fourth-order valence-electron chi connectivity index (χ4n) is 2.63. The second-order valence-corrected chi connectivity index (χ2v) is 5.57. The Morgan fingerprint density at radius 3 is 2.75 bits per heavy atom. The van der Waals surface area contributed by atoms with Crippen LogP contribution in [-0.4, -0.2) is 5.78 Å². The Bertz CT molecular complexity index is 309. The highest BCUT2D eigenvalue weighted by Gasteiger charge is 2.42. The van der Waals surface area contributed by atoms with Crippen LogP contribution in [0.25, 0.3) is 0 Å². The van der Waals surface area contributed by atoms with Gasteiger partial charge in [-0.3, -0.25) is 4.79 Å². The summed E-state index contributed by atoms with van der Waals surface area (Å²) in [6.07, 6.45) is 6.77. The van der Waals surface area contributed by atoms with Gasteiger partial charge in [-0.25, -0.2) is 0 Å². The first-order valence-electron chi connectivity index (χ1n) is 6.29. The Labute approximate surface area is 99.6 Å². The molecule has 1 nitrogen and oxygen atoms in total. The number of hydrogen-bond acceptors (Lipinski definition) is 1. The molecule has 0 aromatic rings. The monoisotopic (exact) mass is 220 g/mol. The van der Waals surface area contributed by atoms with Crippen LogP contribution in [-0.2, 0) is 4.79 Å². The molecule has 0 heterocycles. The van der Waals surface area contributed by atoms with Crippen LogP contribution in [0.2, 0.25) is 0 Å². The third-order valence-electron chi connectivity index (χ3n) is 4.12. The number of carbonyl (C=O) groups excluding carboxylic acids is 1. The highest BCUT2D eigenvalue weighted by molar-refractivity contribution is 5.94. The van der Waals surface area contributed by atoms with Crippen molar-refractivity contribution in [3.8, 4) is 0 Å². The van der Waals surface area contributed by atoms with Crippen LogP contribution in [0.1, 0.15) is 47.0 Å². The molecule has 2 atom stereocenters. The first kappa shape index (κ1) is 13.2. The van der Waals surface area contributed by atoms with Crippen molar-refractivity contribution in [2.75, 3.05) is 0 Å². The van der Waals surface area contributed by atoms with Crippen molar-refractivity contribution in [3.05, 3.63) is 24.3 Å². The Morgan fingerprint density at radius 2 is 2.19 bits per heavy atom. The van der Waals surface area contributed by atoms with Crippen molar-refractivity contribution in [2.24, 2.45) is 17.3 Å². The van der Waals surface area contributed by atoms with Gasteiger partial charge in [0.2, 0.25) is 0 Å². The molecule has 0 spiro atoms. The Balaban J connectivity index is 2.93. The van der Waals surface area contributed by atoms with Gasteiger partial charge in [0.25, 0.3) is 0 Å². The van der Waals surface area contributed by atoms with Gasteiger partial charge >= 0.3 is 0 Å². The third kappa shape index (κ3) is 2.45. The topological polar surface area (TPSA) is 17.1 Å². The molecule has 0 aromatic carbocycles. The Hall–Kier alpha value is -0.850. The summed E-state index contributed by atoms with van der Waals surface area (Å²) in [5.41, 5.74) is 1.17. The molecule has 1 saturated carbocycles. The lowest BCUT2D eigenvalue weighted by molar-refractivity contribution is -0.122. The zero-order valence-electron chi connectivity index (χ0n) is 11.0. The average molecular weight is 220 g/mol. The van der Waals surface area contributed by atoms with Crippen molar-refractivity contribution >= 4 is 5.78 Å². The maximum atomic E-state index is 12.2. The zero-order valence-corrected chi connectivity index (χ0v) is 11.0. The number of carbonyl (C=O) groups is 1. The highest BCUT2D eigenvalue weighted by atomic mass is 16.1. The fourth-order valence-corrected chi connectivity index (χ4v) is 2.63. The molecule has 0 amide bonds. The minimum atomic E-state index is 0.0130. The van der Waals surface area contributed by atoms with E-state index in [1.54, 1.807) is 6.08 Å². The van der Waals surface area contributed by atoms with Gasteiger partial charge in [-0.1, -0.05) is 45.9 Å². The number of hydrogen-bond donors (Lipinski definition) is 0. The molecule has 1 fully saturated rings. The standard InChI is InChI=1S/C15H24O/c1-6-7-8-13(16)14-11(2)9-10-12(3)15(14,4)5/h7-8,12,14H,2,6,9-10H2,1,3-5H3/t12-,14+/m1/s1. The Morgan fingerprint density at radius 1 is 1.56 bits per heavy atom. The second kappa shape index (κ2) is 4.99. The third-order valence-corrected chi connectivity index (χ3v) is 4.12. The molecular formula is C15H24O. The fraction of sp³-hybridized carbons (Fsp3) is 0.667. The van der Waals surface area contributed by atoms with Crippen LogP contribution in [0.3, 0.4) is 0 Å². The van der Waals surface area contributed by atoms with E-state index >= 15 is 0 Å². The predicted molar refractivity (Wildman–Crippen MR) is 69.2 cm³/mol. The van der Waals surface area contributed by atoms with Gasteiger partial charge in [0, 0.05) is 5.92 Å². The molecule has 1 rings (SSSR count). The molecule has 90 valence electrons. The van der Waals surface area contributed by atoms with Gasteiger partial charge < -0.3 is 0 Å². The maximum Gasteiger partial charge on any atom is 0.163 e. The minimum Gasteiger partial charge on any atom is -0.294 e. The van der Waals surface area contributed by atoms with E-state index < -0.39 is 0 Å². The lowest BCUT2D eigenvalue weighted by atomic mass is 9.60. The first-order chi connectivity index (χ1) is 7.41. The summed E-state index contributed by atoms with van der Waals surface area (Å²) in [6, 6.07) is 0. The Kier molecular flexibility index (Phi) is 4.12. The summed E-state index contributed by atoms with van der Waals surface area (Å²) in [4.78, 5) is 12.2. The summed E-state index contributed by atoms with van der Waals surface area (Å²) in [5, 5.41) is 0. The zero-order chi connectivity index (χ0) is 12.3. The summed E-state index contributed by atoms with van der Waals surface area (Å²) >= 11 is 0. The van der Waals surface area contributed by atoms with Crippen LogP contribution in [0.15, 0.2) is 24.3 Å². The summed E-state index contributed by atoms with van der Waals surface area (Å²) < 4.78 is 0. The normalized spacial score (nSPS) is 29.6. The van der Waals surface area contributed by atoms with E-state index in [9.17, 15) is 4.79 Å². The van der Waals surface area contributed by atoms with Crippen LogP contribution in [0.4, 0.5) is 0 Å². The van der Waals surface area contributed by atoms with Crippen molar-refractivity contribution in [3.63, 3.8) is 0 Å². The van der Waals surface area contributed by atoms with E-state index in [-0.39, 0.29) is 17.1 Å². The van der Waals surface area contributed by atoms with Crippen LogP contribution in [0, 0.1) is 17.3 Å². The van der Waals surface area contributed by atoms with Crippen molar-refractivity contribution in [1.82, 2.24) is 0 Å². The van der Waals surface area contributed by atoms with E-state index in [0.29, 0.717) is 5.92 Å². The molecule has 0 saturated heterocycles. The molecule has 0 unspecified atom stereocenters. The van der Waals surface area contributed by atoms with Crippen molar-refractivity contribution in [2.45, 2.75) is 47.0 Å². The van der Waals surface area contributed by atoms with Crippen LogP contribution < -0.4 is 0 Å². The SMILES string of the molecule is C=C1CC[C@@H](C)C(C)(C)[C@@H]1C(=O)C=CCC. The van der Waals surface area contributed by atoms with Gasteiger partial charge in [0.1, 0.15) is 0 Å². The lowest BCUT2D eigenvalue weighted by Crippen LogP contribution is -2.40. The molecule has 0 bridgehead atoms. The molecule has 0 aliphatic heterocycles. The smallest absolute Gasteiger partial charge is 0.163 e. The maximum absolute atomic E-state index is 12.2. The summed E-state index contributed by atoms with van der Waals surface area (Å²) in [5.74, 6) is 0.837.